The van der Waals surface area contributed by atoms with Gasteiger partial charge in [-0.05, 0) is 24.3 Å². The second kappa shape index (κ2) is 7.07. The van der Waals surface area contributed by atoms with Crippen molar-refractivity contribution in [2.75, 3.05) is 5.32 Å². The number of rotatable bonds is 4. The zero-order chi connectivity index (χ0) is 16.8. The molecule has 0 spiro atoms. The van der Waals surface area contributed by atoms with E-state index < -0.39 is 28.2 Å². The first-order chi connectivity index (χ1) is 11.0. The fourth-order valence-corrected chi connectivity index (χ4v) is 1.67. The Kier molecular flexibility index (Phi) is 4.92. The average Bonchev–Trinajstić information content (AvgIpc) is 2.55. The number of nitro groups is 1. The SMILES string of the molecule is O=C(NCc1ccccn1)C(=O)Nc1ccc(F)c([N+](=O)[O-])c1. The van der Waals surface area contributed by atoms with Gasteiger partial charge in [0.2, 0.25) is 5.82 Å². The Labute approximate surface area is 129 Å². The lowest BCUT2D eigenvalue weighted by molar-refractivity contribution is -0.387. The van der Waals surface area contributed by atoms with Crippen molar-refractivity contribution in [3.05, 3.63) is 64.2 Å². The summed E-state index contributed by atoms with van der Waals surface area (Å²) < 4.78 is 13.2. The quantitative estimate of drug-likeness (QED) is 0.502. The minimum Gasteiger partial charge on any atom is -0.342 e. The van der Waals surface area contributed by atoms with Crippen LogP contribution in [-0.2, 0) is 16.1 Å². The molecular formula is C14H11FN4O4. The lowest BCUT2D eigenvalue weighted by atomic mass is 10.2. The predicted octanol–water partition coefficient (Wildman–Crippen LogP) is 1.38. The summed E-state index contributed by atoms with van der Waals surface area (Å²) in [5.41, 5.74) is -0.293. The van der Waals surface area contributed by atoms with Gasteiger partial charge in [-0.1, -0.05) is 6.07 Å². The number of carbonyl (C=O) groups excluding carboxylic acids is 2. The Morgan fingerprint density at radius 3 is 2.65 bits per heavy atom. The second-order valence-corrected chi connectivity index (χ2v) is 4.38. The van der Waals surface area contributed by atoms with E-state index in [4.69, 9.17) is 0 Å². The Bertz CT molecular complexity index is 752. The molecule has 0 fully saturated rings. The number of pyridine rings is 1. The highest BCUT2D eigenvalue weighted by Gasteiger charge is 2.18. The van der Waals surface area contributed by atoms with Crippen LogP contribution in [0.25, 0.3) is 0 Å². The fraction of sp³-hybridized carbons (Fsp3) is 0.0714. The molecule has 0 aliphatic heterocycles. The van der Waals surface area contributed by atoms with Crippen molar-refractivity contribution < 1.29 is 18.9 Å². The van der Waals surface area contributed by atoms with Gasteiger partial charge < -0.3 is 10.6 Å². The van der Waals surface area contributed by atoms with E-state index in [2.05, 4.69) is 15.6 Å². The molecular weight excluding hydrogens is 307 g/mol. The molecule has 118 valence electrons. The summed E-state index contributed by atoms with van der Waals surface area (Å²) >= 11 is 0. The Morgan fingerprint density at radius 1 is 1.22 bits per heavy atom. The van der Waals surface area contributed by atoms with Gasteiger partial charge in [-0.25, -0.2) is 0 Å². The highest BCUT2D eigenvalue weighted by Crippen LogP contribution is 2.21. The van der Waals surface area contributed by atoms with Gasteiger partial charge in [0.05, 0.1) is 17.2 Å². The molecule has 1 heterocycles. The minimum absolute atomic E-state index is 0.0522. The summed E-state index contributed by atoms with van der Waals surface area (Å²) in [6.07, 6.45) is 1.54. The van der Waals surface area contributed by atoms with Crippen molar-refractivity contribution in [2.24, 2.45) is 0 Å². The molecule has 1 aromatic heterocycles. The van der Waals surface area contributed by atoms with Crippen LogP contribution in [0.3, 0.4) is 0 Å². The monoisotopic (exact) mass is 318 g/mol. The number of nitro benzene ring substituents is 1. The maximum atomic E-state index is 13.2. The average molecular weight is 318 g/mol. The van der Waals surface area contributed by atoms with E-state index in [1.54, 1.807) is 24.4 Å². The highest BCUT2D eigenvalue weighted by molar-refractivity contribution is 6.39. The maximum absolute atomic E-state index is 13.2. The summed E-state index contributed by atoms with van der Waals surface area (Å²) in [7, 11) is 0. The van der Waals surface area contributed by atoms with Crippen molar-refractivity contribution in [3.8, 4) is 0 Å². The van der Waals surface area contributed by atoms with E-state index in [-0.39, 0.29) is 12.2 Å². The number of benzene rings is 1. The van der Waals surface area contributed by atoms with Gasteiger partial charge in [0.15, 0.2) is 0 Å². The number of aromatic nitrogens is 1. The molecule has 9 heteroatoms. The van der Waals surface area contributed by atoms with Gasteiger partial charge >= 0.3 is 17.5 Å². The molecule has 0 unspecified atom stereocenters. The summed E-state index contributed by atoms with van der Waals surface area (Å²) in [6.45, 7) is 0.0522. The topological polar surface area (TPSA) is 114 Å². The first-order valence-corrected chi connectivity index (χ1v) is 6.40. The van der Waals surface area contributed by atoms with Crippen LogP contribution in [0.5, 0.6) is 0 Å². The summed E-state index contributed by atoms with van der Waals surface area (Å²) in [5, 5.41) is 15.1. The third-order valence-electron chi connectivity index (χ3n) is 2.76. The van der Waals surface area contributed by atoms with Gasteiger partial charge in [-0.2, -0.15) is 4.39 Å². The van der Waals surface area contributed by atoms with Gasteiger partial charge in [0.25, 0.3) is 0 Å². The van der Waals surface area contributed by atoms with Crippen LogP contribution in [-0.4, -0.2) is 21.7 Å². The molecule has 0 radical (unpaired) electrons. The van der Waals surface area contributed by atoms with Gasteiger partial charge in [-0.3, -0.25) is 24.7 Å². The van der Waals surface area contributed by atoms with Gasteiger partial charge in [0, 0.05) is 18.0 Å². The summed E-state index contributed by atoms with van der Waals surface area (Å²) in [4.78, 5) is 37.0. The number of hydrogen-bond donors (Lipinski definition) is 2. The normalized spacial score (nSPS) is 9.96. The second-order valence-electron chi connectivity index (χ2n) is 4.38. The molecule has 1 aromatic carbocycles. The molecule has 2 rings (SSSR count). The standard InChI is InChI=1S/C14H11FN4O4/c15-11-5-4-9(7-12(11)19(22)23)18-14(21)13(20)17-8-10-3-1-2-6-16-10/h1-7H,8H2,(H,17,20)(H,18,21). The van der Waals surface area contributed by atoms with Crippen molar-refractivity contribution in [1.29, 1.82) is 0 Å². The molecule has 8 nitrogen and oxygen atoms in total. The zero-order valence-electron chi connectivity index (χ0n) is 11.7. The third-order valence-corrected chi connectivity index (χ3v) is 2.76. The van der Waals surface area contributed by atoms with Crippen LogP contribution in [0, 0.1) is 15.9 Å². The van der Waals surface area contributed by atoms with E-state index >= 15 is 0 Å². The van der Waals surface area contributed by atoms with Crippen molar-refractivity contribution in [3.63, 3.8) is 0 Å². The number of carbonyl (C=O) groups is 2. The van der Waals surface area contributed by atoms with E-state index in [9.17, 15) is 24.1 Å². The smallest absolute Gasteiger partial charge is 0.313 e. The number of nitrogens with zero attached hydrogens (tertiary/aromatic N) is 2. The molecule has 0 aliphatic carbocycles. The van der Waals surface area contributed by atoms with Gasteiger partial charge in [-0.15, -0.1) is 0 Å². The van der Waals surface area contributed by atoms with Crippen LogP contribution < -0.4 is 10.6 Å². The van der Waals surface area contributed by atoms with Crippen LogP contribution in [0.2, 0.25) is 0 Å². The van der Waals surface area contributed by atoms with Gasteiger partial charge in [0.1, 0.15) is 0 Å². The maximum Gasteiger partial charge on any atom is 0.313 e. The lowest BCUT2D eigenvalue weighted by Gasteiger charge is -2.06. The number of anilines is 1. The molecule has 0 saturated carbocycles. The van der Waals surface area contributed by atoms with Crippen LogP contribution in [0.15, 0.2) is 42.6 Å². The predicted molar refractivity (Wildman–Crippen MR) is 77.8 cm³/mol. The Morgan fingerprint density at radius 2 is 2.00 bits per heavy atom. The van der Waals surface area contributed by atoms with Crippen molar-refractivity contribution in [2.45, 2.75) is 6.54 Å². The molecule has 0 atom stereocenters. The molecule has 23 heavy (non-hydrogen) atoms. The number of halogens is 1. The molecule has 0 saturated heterocycles. The molecule has 2 aromatic rings. The van der Waals surface area contributed by atoms with E-state index in [1.165, 1.54) is 0 Å². The van der Waals surface area contributed by atoms with E-state index in [1.807, 2.05) is 0 Å². The third kappa shape index (κ3) is 4.30. The van der Waals surface area contributed by atoms with E-state index in [0.29, 0.717) is 5.69 Å². The molecule has 0 aliphatic rings. The zero-order valence-corrected chi connectivity index (χ0v) is 11.7. The van der Waals surface area contributed by atoms with E-state index in [0.717, 1.165) is 18.2 Å². The minimum atomic E-state index is -1.03. The first kappa shape index (κ1) is 16.0. The molecule has 2 N–H and O–H groups in total. The fourth-order valence-electron chi connectivity index (χ4n) is 1.67. The molecule has 0 bridgehead atoms. The summed E-state index contributed by atoms with van der Waals surface area (Å²) in [5.74, 6) is -3.00. The highest BCUT2D eigenvalue weighted by atomic mass is 19.1. The number of nitrogens with one attached hydrogen (secondary N) is 2. The van der Waals surface area contributed by atoms with Crippen molar-refractivity contribution >= 4 is 23.2 Å². The Hall–Kier alpha value is -3.36. The first-order valence-electron chi connectivity index (χ1n) is 6.40. The number of hydrogen-bond acceptors (Lipinski definition) is 5. The Balaban J connectivity index is 1.97. The van der Waals surface area contributed by atoms with Crippen molar-refractivity contribution in [1.82, 2.24) is 10.3 Å². The molecule has 2 amide bonds. The van der Waals surface area contributed by atoms with Crippen LogP contribution in [0.4, 0.5) is 15.8 Å². The lowest BCUT2D eigenvalue weighted by Crippen LogP contribution is -2.35. The largest absolute Gasteiger partial charge is 0.342 e. The van der Waals surface area contributed by atoms with Crippen LogP contribution in [0.1, 0.15) is 5.69 Å². The van der Waals surface area contributed by atoms with Crippen LogP contribution >= 0.6 is 0 Å². The number of amides is 2. The summed E-state index contributed by atoms with van der Waals surface area (Å²) in [6, 6.07) is 7.89.